The highest BCUT2D eigenvalue weighted by molar-refractivity contribution is 5.84. The number of nitrogens with zero attached hydrogens (tertiary/aromatic N) is 4. The minimum absolute atomic E-state index is 0.0695. The molecule has 0 unspecified atom stereocenters. The highest BCUT2D eigenvalue weighted by Crippen LogP contribution is 2.28. The van der Waals surface area contributed by atoms with Crippen molar-refractivity contribution in [1.29, 1.82) is 0 Å². The van der Waals surface area contributed by atoms with Crippen molar-refractivity contribution in [1.82, 2.24) is 19.9 Å². The Bertz CT molecular complexity index is 1120. The topological polar surface area (TPSA) is 85.4 Å². The van der Waals surface area contributed by atoms with Crippen molar-refractivity contribution in [2.75, 3.05) is 12.4 Å². The summed E-state index contributed by atoms with van der Waals surface area (Å²) in [7, 11) is 1.53. The van der Waals surface area contributed by atoms with E-state index >= 15 is 0 Å². The molecule has 0 aliphatic heterocycles. The van der Waals surface area contributed by atoms with Crippen LogP contribution < -0.4 is 15.4 Å². The molecule has 34 heavy (non-hydrogen) atoms. The van der Waals surface area contributed by atoms with Gasteiger partial charge in [-0.05, 0) is 30.0 Å². The third kappa shape index (κ3) is 6.13. The summed E-state index contributed by atoms with van der Waals surface area (Å²) in [5, 5.41) is 6.42. The van der Waals surface area contributed by atoms with Gasteiger partial charge in [0.05, 0.1) is 13.7 Å². The van der Waals surface area contributed by atoms with E-state index in [0.717, 1.165) is 24.8 Å². The summed E-state index contributed by atoms with van der Waals surface area (Å²) in [4.78, 5) is 25.6. The molecule has 0 saturated heterocycles. The number of hydrogen-bond donors (Lipinski definition) is 2. The van der Waals surface area contributed by atoms with Gasteiger partial charge in [0.1, 0.15) is 17.7 Å². The Balaban J connectivity index is 1.51. The lowest BCUT2D eigenvalue weighted by Gasteiger charge is -2.27. The van der Waals surface area contributed by atoms with E-state index < -0.39 is 6.04 Å². The lowest BCUT2D eigenvalue weighted by atomic mass is 9.84. The monoisotopic (exact) mass is 458 g/mol. The molecule has 1 saturated carbocycles. The number of carbonyl (C=O) groups is 1. The first-order valence-corrected chi connectivity index (χ1v) is 11.7. The minimum atomic E-state index is -0.428. The van der Waals surface area contributed by atoms with Crippen LogP contribution >= 0.6 is 0 Å². The molecular formula is C26H30N6O2. The third-order valence-corrected chi connectivity index (χ3v) is 6.21. The predicted octanol–water partition coefficient (Wildman–Crippen LogP) is 4.89. The Morgan fingerprint density at radius 1 is 1.18 bits per heavy atom. The SMILES string of the molecule is [C-]#[N+]c1ccc(CNC(=O)[C@@H](CC2CCCCC2)Nc2cc(-n3cccc3)nc(OC)n2)cc1. The van der Waals surface area contributed by atoms with Gasteiger partial charge in [0.25, 0.3) is 0 Å². The molecule has 8 heteroatoms. The number of aromatic nitrogens is 3. The van der Waals surface area contributed by atoms with E-state index in [1.54, 1.807) is 12.1 Å². The van der Waals surface area contributed by atoms with E-state index in [-0.39, 0.29) is 11.9 Å². The highest BCUT2D eigenvalue weighted by atomic mass is 16.5. The van der Waals surface area contributed by atoms with Crippen molar-refractivity contribution < 1.29 is 9.53 Å². The fourth-order valence-electron chi connectivity index (χ4n) is 4.36. The zero-order valence-corrected chi connectivity index (χ0v) is 19.4. The predicted molar refractivity (Wildman–Crippen MR) is 131 cm³/mol. The number of carbonyl (C=O) groups excluding carboxylic acids is 1. The van der Waals surface area contributed by atoms with Crippen LogP contribution in [0.15, 0.2) is 54.9 Å². The maximum Gasteiger partial charge on any atom is 0.320 e. The third-order valence-electron chi connectivity index (χ3n) is 6.21. The second-order valence-corrected chi connectivity index (χ2v) is 8.62. The van der Waals surface area contributed by atoms with Gasteiger partial charge in [0.15, 0.2) is 5.69 Å². The van der Waals surface area contributed by atoms with E-state index in [9.17, 15) is 4.79 Å². The summed E-state index contributed by atoms with van der Waals surface area (Å²) in [6.45, 7) is 7.49. The maximum absolute atomic E-state index is 13.3. The first kappa shape index (κ1) is 23.3. The lowest BCUT2D eigenvalue weighted by Crippen LogP contribution is -2.41. The molecule has 0 spiro atoms. The molecule has 1 aliphatic carbocycles. The standard InChI is InChI=1S/C26H30N6O2/c1-27-21-12-10-20(11-13-21)18-28-25(33)22(16-19-8-4-3-5-9-19)29-23-17-24(31-26(30-23)34-2)32-14-6-7-15-32/h6-7,10-15,17,19,22H,3-5,8-9,16,18H2,2H3,(H,28,33)(H,29,30,31)/t22-/m1/s1. The average molecular weight is 459 g/mol. The highest BCUT2D eigenvalue weighted by Gasteiger charge is 2.25. The first-order valence-electron chi connectivity index (χ1n) is 11.7. The van der Waals surface area contributed by atoms with Crippen LogP contribution in [-0.4, -0.2) is 33.6 Å². The largest absolute Gasteiger partial charge is 0.467 e. The molecule has 0 radical (unpaired) electrons. The van der Waals surface area contributed by atoms with Gasteiger partial charge in [-0.15, -0.1) is 0 Å². The number of amides is 1. The number of methoxy groups -OCH3 is 1. The van der Waals surface area contributed by atoms with Crippen molar-refractivity contribution in [3.63, 3.8) is 0 Å². The van der Waals surface area contributed by atoms with E-state index in [0.29, 0.717) is 29.8 Å². The van der Waals surface area contributed by atoms with Crippen LogP contribution in [0.25, 0.3) is 10.7 Å². The van der Waals surface area contributed by atoms with Crippen molar-refractivity contribution >= 4 is 17.4 Å². The summed E-state index contributed by atoms with van der Waals surface area (Å²) in [6.07, 6.45) is 10.5. The zero-order chi connectivity index (χ0) is 23.8. The van der Waals surface area contributed by atoms with Gasteiger partial charge in [0.2, 0.25) is 5.91 Å². The van der Waals surface area contributed by atoms with Gasteiger partial charge in [0, 0.05) is 25.0 Å². The summed E-state index contributed by atoms with van der Waals surface area (Å²) in [5.41, 5.74) is 1.54. The molecule has 1 aromatic carbocycles. The molecule has 1 aliphatic rings. The molecule has 2 aromatic heterocycles. The average Bonchev–Trinajstić information content (AvgIpc) is 3.43. The van der Waals surface area contributed by atoms with Crippen molar-refractivity contribution in [2.45, 2.75) is 51.1 Å². The molecule has 4 rings (SSSR count). The van der Waals surface area contributed by atoms with Crippen molar-refractivity contribution in [3.05, 3.63) is 71.8 Å². The molecule has 176 valence electrons. The van der Waals surface area contributed by atoms with E-state index in [2.05, 4.69) is 25.4 Å². The van der Waals surface area contributed by atoms with Gasteiger partial charge >= 0.3 is 6.01 Å². The Morgan fingerprint density at radius 2 is 1.91 bits per heavy atom. The Morgan fingerprint density at radius 3 is 2.59 bits per heavy atom. The molecule has 1 fully saturated rings. The Hall–Kier alpha value is -3.86. The van der Waals surface area contributed by atoms with Crippen LogP contribution in [0.2, 0.25) is 0 Å². The number of nitrogens with one attached hydrogen (secondary N) is 2. The summed E-state index contributed by atoms with van der Waals surface area (Å²) < 4.78 is 7.19. The lowest BCUT2D eigenvalue weighted by molar-refractivity contribution is -0.122. The Labute approximate surface area is 200 Å². The fraction of sp³-hybridized carbons (Fsp3) is 0.385. The van der Waals surface area contributed by atoms with Crippen molar-refractivity contribution in [3.8, 4) is 11.8 Å². The number of hydrogen-bond acceptors (Lipinski definition) is 5. The molecule has 2 heterocycles. The van der Waals surface area contributed by atoms with Crippen LogP contribution in [0.4, 0.5) is 11.5 Å². The van der Waals surface area contributed by atoms with Gasteiger partial charge in [-0.2, -0.15) is 9.97 Å². The van der Waals surface area contributed by atoms with Crippen LogP contribution in [0, 0.1) is 12.5 Å². The molecule has 1 amide bonds. The van der Waals surface area contributed by atoms with Crippen molar-refractivity contribution in [2.24, 2.45) is 5.92 Å². The molecule has 3 aromatic rings. The van der Waals surface area contributed by atoms with Gasteiger partial charge in [-0.3, -0.25) is 4.79 Å². The quantitative estimate of drug-likeness (QED) is 0.446. The van der Waals surface area contributed by atoms with E-state index in [1.807, 2.05) is 47.3 Å². The molecule has 2 N–H and O–H groups in total. The smallest absolute Gasteiger partial charge is 0.320 e. The van der Waals surface area contributed by atoms with E-state index in [4.69, 9.17) is 11.3 Å². The first-order chi connectivity index (χ1) is 16.6. The second kappa shape index (κ2) is 11.3. The van der Waals surface area contributed by atoms with Crippen LogP contribution in [0.1, 0.15) is 44.1 Å². The number of benzene rings is 1. The minimum Gasteiger partial charge on any atom is -0.467 e. The molecule has 1 atom stereocenters. The second-order valence-electron chi connectivity index (χ2n) is 8.62. The zero-order valence-electron chi connectivity index (χ0n) is 19.4. The maximum atomic E-state index is 13.3. The summed E-state index contributed by atoms with van der Waals surface area (Å²) >= 11 is 0. The summed E-state index contributed by atoms with van der Waals surface area (Å²) in [5.74, 6) is 1.64. The molecular weight excluding hydrogens is 428 g/mol. The Kier molecular flexibility index (Phi) is 7.76. The van der Waals surface area contributed by atoms with Crippen LogP contribution in [0.5, 0.6) is 6.01 Å². The molecule has 8 nitrogen and oxygen atoms in total. The van der Waals surface area contributed by atoms with E-state index in [1.165, 1.54) is 26.4 Å². The van der Waals surface area contributed by atoms with Gasteiger partial charge in [-0.1, -0.05) is 56.4 Å². The van der Waals surface area contributed by atoms with Gasteiger partial charge < -0.3 is 19.9 Å². The van der Waals surface area contributed by atoms with Gasteiger partial charge in [-0.25, -0.2) is 4.85 Å². The molecule has 0 bridgehead atoms. The van der Waals surface area contributed by atoms with Crippen LogP contribution in [-0.2, 0) is 11.3 Å². The number of rotatable bonds is 9. The fourth-order valence-corrected chi connectivity index (χ4v) is 4.36. The number of ether oxygens (including phenoxy) is 1. The van der Waals surface area contributed by atoms with Crippen LogP contribution in [0.3, 0.4) is 0 Å². The number of anilines is 1. The summed E-state index contributed by atoms with van der Waals surface area (Å²) in [6, 6.07) is 12.8. The normalized spacial score (nSPS) is 14.7.